The zero-order chi connectivity index (χ0) is 14.0. The third kappa shape index (κ3) is 3.67. The lowest BCUT2D eigenvalue weighted by atomic mass is 10.1. The highest BCUT2D eigenvalue weighted by atomic mass is 79.9. The molecule has 0 amide bonds. The summed E-state index contributed by atoms with van der Waals surface area (Å²) in [6, 6.07) is 6.63. The van der Waals surface area contributed by atoms with Gasteiger partial charge in [0.15, 0.2) is 5.15 Å². The SMILES string of the molecule is FC(F)(F)c1ccc(Cc2cc(Br)c(Cl)nn2)cc1. The Balaban J connectivity index is 2.17. The molecular formula is C12H7BrClF3N2. The lowest BCUT2D eigenvalue weighted by Gasteiger charge is -2.07. The third-order valence-corrected chi connectivity index (χ3v) is 3.54. The van der Waals surface area contributed by atoms with Crippen LogP contribution in [0.2, 0.25) is 5.15 Å². The summed E-state index contributed by atoms with van der Waals surface area (Å²) in [7, 11) is 0. The molecule has 7 heteroatoms. The summed E-state index contributed by atoms with van der Waals surface area (Å²) in [5.41, 5.74) is 0.673. The Morgan fingerprint density at radius 1 is 1.11 bits per heavy atom. The van der Waals surface area contributed by atoms with Crippen LogP contribution < -0.4 is 0 Å². The minimum absolute atomic E-state index is 0.246. The molecule has 0 atom stereocenters. The van der Waals surface area contributed by atoms with Crippen LogP contribution >= 0.6 is 27.5 Å². The quantitative estimate of drug-likeness (QED) is 0.796. The van der Waals surface area contributed by atoms with E-state index in [0.29, 0.717) is 16.6 Å². The third-order valence-electron chi connectivity index (χ3n) is 2.42. The molecule has 2 nitrogen and oxygen atoms in total. The highest BCUT2D eigenvalue weighted by Gasteiger charge is 2.29. The molecule has 0 N–H and O–H groups in total. The molecule has 1 aromatic carbocycles. The predicted octanol–water partition coefficient (Wildman–Crippen LogP) is 4.50. The van der Waals surface area contributed by atoms with Gasteiger partial charge in [-0.2, -0.15) is 18.3 Å². The van der Waals surface area contributed by atoms with Crippen LogP contribution in [0.1, 0.15) is 16.8 Å². The molecule has 0 saturated carbocycles. The van der Waals surface area contributed by atoms with E-state index in [9.17, 15) is 13.2 Å². The number of rotatable bonds is 2. The van der Waals surface area contributed by atoms with E-state index in [-0.39, 0.29) is 5.15 Å². The van der Waals surface area contributed by atoms with Crippen molar-refractivity contribution in [2.45, 2.75) is 12.6 Å². The van der Waals surface area contributed by atoms with Crippen LogP contribution in [-0.2, 0) is 12.6 Å². The van der Waals surface area contributed by atoms with Gasteiger partial charge in [0, 0.05) is 6.42 Å². The number of nitrogens with zero attached hydrogens (tertiary/aromatic N) is 2. The second-order valence-corrected chi connectivity index (χ2v) is 5.06. The second kappa shape index (κ2) is 5.46. The molecule has 1 aromatic heterocycles. The van der Waals surface area contributed by atoms with Gasteiger partial charge in [0.05, 0.1) is 15.7 Å². The molecule has 0 radical (unpaired) electrons. The smallest absolute Gasteiger partial charge is 0.166 e. The van der Waals surface area contributed by atoms with Crippen molar-refractivity contribution in [2.75, 3.05) is 0 Å². The predicted molar refractivity (Wildman–Crippen MR) is 69.0 cm³/mol. The van der Waals surface area contributed by atoms with Crippen LogP contribution in [0.4, 0.5) is 13.2 Å². The topological polar surface area (TPSA) is 25.8 Å². The number of alkyl halides is 3. The van der Waals surface area contributed by atoms with Crippen molar-refractivity contribution in [3.05, 3.63) is 56.8 Å². The first-order valence-electron chi connectivity index (χ1n) is 5.20. The van der Waals surface area contributed by atoms with E-state index in [0.717, 1.165) is 17.7 Å². The van der Waals surface area contributed by atoms with Gasteiger partial charge in [-0.3, -0.25) is 0 Å². The van der Waals surface area contributed by atoms with Crippen LogP contribution in [0.15, 0.2) is 34.8 Å². The fourth-order valence-corrected chi connectivity index (χ4v) is 1.93. The van der Waals surface area contributed by atoms with Crippen LogP contribution in [0, 0.1) is 0 Å². The molecule has 0 aliphatic rings. The molecule has 2 aromatic rings. The minimum atomic E-state index is -4.32. The Hall–Kier alpha value is -1.14. The number of aromatic nitrogens is 2. The van der Waals surface area contributed by atoms with Crippen molar-refractivity contribution < 1.29 is 13.2 Å². The summed E-state index contributed by atoms with van der Waals surface area (Å²) < 4.78 is 37.8. The Morgan fingerprint density at radius 3 is 2.26 bits per heavy atom. The zero-order valence-corrected chi connectivity index (χ0v) is 11.7. The maximum Gasteiger partial charge on any atom is 0.416 e. The largest absolute Gasteiger partial charge is 0.416 e. The lowest BCUT2D eigenvalue weighted by molar-refractivity contribution is -0.137. The summed E-state index contributed by atoms with van der Waals surface area (Å²) in [6.45, 7) is 0. The first-order chi connectivity index (χ1) is 8.86. The highest BCUT2D eigenvalue weighted by molar-refractivity contribution is 9.10. The second-order valence-electron chi connectivity index (χ2n) is 3.85. The molecule has 0 unspecified atom stereocenters. The Kier molecular flexibility index (Phi) is 4.10. The Labute approximate surface area is 120 Å². The van der Waals surface area contributed by atoms with Gasteiger partial charge in [0.2, 0.25) is 0 Å². The molecule has 0 fully saturated rings. The minimum Gasteiger partial charge on any atom is -0.166 e. The van der Waals surface area contributed by atoms with Crippen LogP contribution in [0.3, 0.4) is 0 Å². The summed E-state index contributed by atoms with van der Waals surface area (Å²) in [6.07, 6.45) is -3.93. The summed E-state index contributed by atoms with van der Waals surface area (Å²) in [4.78, 5) is 0. The van der Waals surface area contributed by atoms with Gasteiger partial charge < -0.3 is 0 Å². The maximum atomic E-state index is 12.4. The average Bonchev–Trinajstić information content (AvgIpc) is 2.33. The van der Waals surface area contributed by atoms with Gasteiger partial charge in [0.25, 0.3) is 0 Å². The van der Waals surface area contributed by atoms with E-state index in [1.807, 2.05) is 0 Å². The van der Waals surface area contributed by atoms with Crippen molar-refractivity contribution in [3.63, 3.8) is 0 Å². The fraction of sp³-hybridized carbons (Fsp3) is 0.167. The van der Waals surface area contributed by atoms with Crippen LogP contribution in [-0.4, -0.2) is 10.2 Å². The number of halogens is 5. The Morgan fingerprint density at radius 2 is 1.74 bits per heavy atom. The highest BCUT2D eigenvalue weighted by Crippen LogP contribution is 2.29. The monoisotopic (exact) mass is 350 g/mol. The van der Waals surface area contributed by atoms with Crippen molar-refractivity contribution in [1.82, 2.24) is 10.2 Å². The van der Waals surface area contributed by atoms with Crippen LogP contribution in [0.5, 0.6) is 0 Å². The molecule has 0 aliphatic heterocycles. The molecule has 0 aliphatic carbocycles. The molecular weight excluding hydrogens is 344 g/mol. The van der Waals surface area contributed by atoms with E-state index in [4.69, 9.17) is 11.6 Å². The molecule has 0 saturated heterocycles. The van der Waals surface area contributed by atoms with Gasteiger partial charge in [-0.25, -0.2) is 0 Å². The zero-order valence-electron chi connectivity index (χ0n) is 9.38. The van der Waals surface area contributed by atoms with Gasteiger partial charge >= 0.3 is 6.18 Å². The van der Waals surface area contributed by atoms with E-state index >= 15 is 0 Å². The first kappa shape index (κ1) is 14.3. The van der Waals surface area contributed by atoms with Gasteiger partial charge in [-0.05, 0) is 39.7 Å². The molecule has 2 rings (SSSR count). The summed E-state index contributed by atoms with van der Waals surface area (Å²) in [5, 5.41) is 7.84. The first-order valence-corrected chi connectivity index (χ1v) is 6.37. The van der Waals surface area contributed by atoms with Gasteiger partial charge in [-0.15, -0.1) is 5.10 Å². The molecule has 19 heavy (non-hydrogen) atoms. The van der Waals surface area contributed by atoms with Gasteiger partial charge in [-0.1, -0.05) is 23.7 Å². The standard InChI is InChI=1S/C12H7BrClF3N2/c13-10-6-9(18-19-11(10)14)5-7-1-3-8(4-2-7)12(15,16)17/h1-4,6H,5H2. The van der Waals surface area contributed by atoms with Crippen molar-refractivity contribution >= 4 is 27.5 Å². The lowest BCUT2D eigenvalue weighted by Crippen LogP contribution is -2.04. The number of benzene rings is 1. The van der Waals surface area contributed by atoms with Gasteiger partial charge in [0.1, 0.15) is 0 Å². The van der Waals surface area contributed by atoms with Crippen LogP contribution in [0.25, 0.3) is 0 Å². The summed E-state index contributed by atoms with van der Waals surface area (Å²) in [5.74, 6) is 0. The summed E-state index contributed by atoms with van der Waals surface area (Å²) >= 11 is 8.92. The van der Waals surface area contributed by atoms with Crippen molar-refractivity contribution in [2.24, 2.45) is 0 Å². The number of hydrogen-bond acceptors (Lipinski definition) is 2. The molecule has 0 bridgehead atoms. The normalized spacial score (nSPS) is 11.6. The maximum absolute atomic E-state index is 12.4. The fourth-order valence-electron chi connectivity index (χ4n) is 1.50. The van der Waals surface area contributed by atoms with E-state index in [2.05, 4.69) is 26.1 Å². The van der Waals surface area contributed by atoms with Crippen molar-refractivity contribution in [1.29, 1.82) is 0 Å². The number of hydrogen-bond donors (Lipinski definition) is 0. The van der Waals surface area contributed by atoms with E-state index < -0.39 is 11.7 Å². The van der Waals surface area contributed by atoms with E-state index in [1.165, 1.54) is 12.1 Å². The van der Waals surface area contributed by atoms with Crippen molar-refractivity contribution in [3.8, 4) is 0 Å². The Bertz CT molecular complexity index is 585. The molecule has 1 heterocycles. The molecule has 100 valence electrons. The van der Waals surface area contributed by atoms with E-state index in [1.54, 1.807) is 6.07 Å². The average molecular weight is 352 g/mol. The molecule has 0 spiro atoms.